The molecular formula is C68H89N9O12. The number of aryl methyl sites for hydroxylation is 1. The number of phenols is 2. The van der Waals surface area contributed by atoms with Gasteiger partial charge in [-0.2, -0.15) is 0 Å². The molecule has 5 atom stereocenters. The summed E-state index contributed by atoms with van der Waals surface area (Å²) in [7, 11) is 0. The molecule has 0 radical (unpaired) electrons. The van der Waals surface area contributed by atoms with E-state index in [1.165, 1.54) is 6.07 Å². The van der Waals surface area contributed by atoms with Crippen molar-refractivity contribution in [3.05, 3.63) is 120 Å². The Morgan fingerprint density at radius 2 is 1.37 bits per heavy atom. The summed E-state index contributed by atoms with van der Waals surface area (Å²) in [6.45, 7) is 19.3. The number of amides is 4. The Labute approximate surface area is 522 Å². The quantitative estimate of drug-likeness (QED) is 0.0124. The third kappa shape index (κ3) is 18.8. The molecule has 0 bridgehead atoms. The van der Waals surface area contributed by atoms with Crippen LogP contribution < -0.4 is 20.7 Å². The normalized spacial score (nSPS) is 17.8. The Hall–Kier alpha value is -8.01. The second-order valence-corrected chi connectivity index (χ2v) is 25.1. The van der Waals surface area contributed by atoms with Gasteiger partial charge in [-0.05, 0) is 111 Å². The van der Waals surface area contributed by atoms with Crippen LogP contribution in [-0.4, -0.2) is 159 Å². The number of ketones is 2. The number of oxime groups is 1. The predicted molar refractivity (Wildman–Crippen MR) is 337 cm³/mol. The van der Waals surface area contributed by atoms with E-state index in [9.17, 15) is 39.0 Å². The van der Waals surface area contributed by atoms with Crippen molar-refractivity contribution in [1.29, 1.82) is 0 Å². The maximum Gasteiger partial charge on any atom is 0.435 e. The molecule has 5 aromatic rings. The van der Waals surface area contributed by atoms with Crippen LogP contribution in [0, 0.1) is 23.7 Å². The van der Waals surface area contributed by atoms with Gasteiger partial charge < -0.3 is 45.3 Å². The number of nitrogens with zero attached hydrogens (tertiary/aromatic N) is 6. The van der Waals surface area contributed by atoms with Crippen molar-refractivity contribution in [3.8, 4) is 34.3 Å². The maximum absolute atomic E-state index is 14.9. The van der Waals surface area contributed by atoms with E-state index < -0.39 is 47.4 Å². The number of aromatic nitrogens is 3. The fourth-order valence-corrected chi connectivity index (χ4v) is 11.5. The van der Waals surface area contributed by atoms with E-state index in [0.717, 1.165) is 11.1 Å². The Balaban J connectivity index is 0.930. The number of rotatable bonds is 30. The summed E-state index contributed by atoms with van der Waals surface area (Å²) in [5.41, 5.74) is 2.69. The Morgan fingerprint density at radius 3 is 1.99 bits per heavy atom. The van der Waals surface area contributed by atoms with Crippen molar-refractivity contribution < 1.29 is 58.0 Å². The molecule has 4 heterocycles. The van der Waals surface area contributed by atoms with Crippen LogP contribution in [0.2, 0.25) is 0 Å². The van der Waals surface area contributed by atoms with Gasteiger partial charge in [-0.15, -0.1) is 10.2 Å². The molecule has 21 heteroatoms. The molecule has 478 valence electrons. The predicted octanol–water partition coefficient (Wildman–Crippen LogP) is 8.76. The molecular weight excluding hydrogens is 1130 g/mol. The highest BCUT2D eigenvalue weighted by Crippen LogP contribution is 2.39. The van der Waals surface area contributed by atoms with Crippen LogP contribution in [0.25, 0.3) is 17.1 Å². The highest BCUT2D eigenvalue weighted by molar-refractivity contribution is 6.02. The zero-order chi connectivity index (χ0) is 63.8. The number of epoxide rings is 1. The SMILES string of the molecule is CCNC(=O)c1nnc(-c2cc(C(C)C)c(O)cc2O)n1-c1ccc(OC2CCN(C(=O)O/N=C(/[C@H](CC(C)C)NC(=O)[C@@H](CC(=O)[C@H](CC(C)C)NC(=O)[C@H](CCc3ccccc3)CC(=O)CN3CCOCC3)Cc3ccccc3)[C@@]3(C)CO3)CC2)cc1. The third-order valence-electron chi connectivity index (χ3n) is 16.5. The number of hydrogen-bond donors (Lipinski definition) is 5. The summed E-state index contributed by atoms with van der Waals surface area (Å²) < 4.78 is 19.4. The standard InChI is InChI=1S/C68H89N9O12/c1-9-69-66(84)63-73-72-62(55-39-54(45(6)7)58(79)40-59(55)80)77(63)50-22-24-52(25-23-50)88-53-26-28-76(29-27-53)67(85)89-74-61(68(8)42-87-68)57(35-44(4)5)71-65(83)49(36-47-18-14-11-15-19-47)38-60(81)56(34-43(2)3)70-64(82)48(21-20-46-16-12-10-13-17-46)37-51(78)41-75-30-32-86-33-31-75/h10-19,22-25,39-40,43-45,48-49,53,56-57,79-80H,9,20-21,26-38,41-42H2,1-8H3,(H,69,84)(H,70,82)(H,71,83)/b74-61-/t48-,49-,56+,57+,68-/m1/s1. The van der Waals surface area contributed by atoms with Gasteiger partial charge in [0.05, 0.1) is 44.0 Å². The van der Waals surface area contributed by atoms with Gasteiger partial charge in [-0.3, -0.25) is 38.3 Å². The lowest BCUT2D eigenvalue weighted by Crippen LogP contribution is -2.50. The van der Waals surface area contributed by atoms with E-state index >= 15 is 0 Å². The minimum absolute atomic E-state index is 0.00176. The van der Waals surface area contributed by atoms with Gasteiger partial charge in [0.15, 0.2) is 11.6 Å². The van der Waals surface area contributed by atoms with Gasteiger partial charge in [-0.25, -0.2) is 4.79 Å². The molecule has 4 amide bonds. The molecule has 5 N–H and O–H groups in total. The van der Waals surface area contributed by atoms with Crippen LogP contribution in [0.5, 0.6) is 17.2 Å². The van der Waals surface area contributed by atoms with Gasteiger partial charge in [0.2, 0.25) is 17.6 Å². The molecule has 0 aliphatic carbocycles. The van der Waals surface area contributed by atoms with Gasteiger partial charge >= 0.3 is 6.09 Å². The number of benzene rings is 4. The second kappa shape index (κ2) is 31.4. The molecule has 3 fully saturated rings. The first-order valence-electron chi connectivity index (χ1n) is 31.5. The molecule has 89 heavy (non-hydrogen) atoms. The molecule has 3 aliphatic rings. The lowest BCUT2D eigenvalue weighted by atomic mass is 9.87. The highest BCUT2D eigenvalue weighted by atomic mass is 16.7. The number of likely N-dealkylation sites (tertiary alicyclic amines) is 1. The summed E-state index contributed by atoms with van der Waals surface area (Å²) >= 11 is 0. The molecule has 3 saturated heterocycles. The van der Waals surface area contributed by atoms with E-state index in [-0.39, 0.29) is 102 Å². The lowest BCUT2D eigenvalue weighted by Gasteiger charge is -2.31. The van der Waals surface area contributed by atoms with Crippen LogP contribution in [-0.2, 0) is 46.3 Å². The molecule has 1 aromatic heterocycles. The zero-order valence-corrected chi connectivity index (χ0v) is 52.7. The number of piperidine rings is 1. The average Bonchev–Trinajstić information content (AvgIpc) is 1.96. The number of nitrogens with one attached hydrogen (secondary N) is 3. The topological polar surface area (TPSA) is 269 Å². The lowest BCUT2D eigenvalue weighted by molar-refractivity contribution is -0.134. The van der Waals surface area contributed by atoms with Crippen molar-refractivity contribution >= 4 is 41.1 Å². The molecule has 4 aromatic carbocycles. The van der Waals surface area contributed by atoms with Gasteiger partial charge in [0.1, 0.15) is 40.4 Å². The van der Waals surface area contributed by atoms with E-state index in [0.29, 0.717) is 107 Å². The number of morpholine rings is 1. The average molecular weight is 1220 g/mol. The fourth-order valence-electron chi connectivity index (χ4n) is 11.5. The van der Waals surface area contributed by atoms with Crippen molar-refractivity contribution in [2.45, 2.75) is 143 Å². The van der Waals surface area contributed by atoms with Gasteiger partial charge in [-0.1, -0.05) is 107 Å². The summed E-state index contributed by atoms with van der Waals surface area (Å²) in [6.07, 6.45) is 1.81. The van der Waals surface area contributed by atoms with E-state index in [1.807, 2.05) is 114 Å². The molecule has 0 spiro atoms. The van der Waals surface area contributed by atoms with Crippen molar-refractivity contribution in [2.24, 2.45) is 28.8 Å². The minimum atomic E-state index is -0.939. The van der Waals surface area contributed by atoms with Crippen LogP contribution in [0.1, 0.15) is 134 Å². The minimum Gasteiger partial charge on any atom is -0.508 e. The fraction of sp³-hybridized carbons (Fsp3) is 0.515. The molecule has 8 rings (SSSR count). The van der Waals surface area contributed by atoms with Crippen molar-refractivity contribution in [2.75, 3.05) is 59.1 Å². The summed E-state index contributed by atoms with van der Waals surface area (Å²) in [6, 6.07) is 27.5. The largest absolute Gasteiger partial charge is 0.508 e. The third-order valence-corrected chi connectivity index (χ3v) is 16.5. The number of phenolic OH excluding ortho intramolecular Hbond substituents is 2. The molecule has 0 unspecified atom stereocenters. The highest BCUT2D eigenvalue weighted by Gasteiger charge is 2.49. The smallest absolute Gasteiger partial charge is 0.435 e. The number of carbonyl (C=O) groups is 6. The van der Waals surface area contributed by atoms with E-state index in [2.05, 4.69) is 31.3 Å². The van der Waals surface area contributed by atoms with Crippen LogP contribution in [0.15, 0.2) is 102 Å². The summed E-state index contributed by atoms with van der Waals surface area (Å²) in [5.74, 6) is -2.69. The van der Waals surface area contributed by atoms with Crippen LogP contribution in [0.3, 0.4) is 0 Å². The first-order chi connectivity index (χ1) is 42.7. The van der Waals surface area contributed by atoms with E-state index in [1.54, 1.807) is 46.7 Å². The van der Waals surface area contributed by atoms with Crippen molar-refractivity contribution in [3.63, 3.8) is 0 Å². The molecule has 21 nitrogen and oxygen atoms in total. The maximum atomic E-state index is 14.9. The van der Waals surface area contributed by atoms with Crippen LogP contribution >= 0.6 is 0 Å². The van der Waals surface area contributed by atoms with Crippen LogP contribution in [0.4, 0.5) is 4.79 Å². The Kier molecular flexibility index (Phi) is 23.6. The van der Waals surface area contributed by atoms with Gasteiger partial charge in [0.25, 0.3) is 5.91 Å². The second-order valence-electron chi connectivity index (χ2n) is 25.1. The number of ether oxygens (including phenoxy) is 3. The molecule has 3 aliphatic heterocycles. The van der Waals surface area contributed by atoms with Gasteiger partial charge in [0, 0.05) is 82.0 Å². The Morgan fingerprint density at radius 1 is 0.753 bits per heavy atom. The molecule has 0 saturated carbocycles. The Bertz CT molecular complexity index is 3220. The zero-order valence-electron chi connectivity index (χ0n) is 52.7. The summed E-state index contributed by atoms with van der Waals surface area (Å²) in [5, 5.41) is 43.6. The van der Waals surface area contributed by atoms with Crippen molar-refractivity contribution in [1.82, 2.24) is 40.5 Å². The monoisotopic (exact) mass is 1220 g/mol. The number of aromatic hydroxyl groups is 2. The summed E-state index contributed by atoms with van der Waals surface area (Å²) in [4.78, 5) is 94.2. The number of Topliss-reactive ketones (excluding diaryl/α,β-unsaturated/α-hetero) is 2. The van der Waals surface area contributed by atoms with E-state index in [4.69, 9.17) is 19.0 Å². The first-order valence-corrected chi connectivity index (χ1v) is 31.5. The first kappa shape index (κ1) is 66.9. The number of hydrogen-bond acceptors (Lipinski definition) is 16. The number of carbonyl (C=O) groups excluding carboxylic acids is 6.